The van der Waals surface area contributed by atoms with Crippen LogP contribution in [0.2, 0.25) is 0 Å². The zero-order valence-corrected chi connectivity index (χ0v) is 18.3. The summed E-state index contributed by atoms with van der Waals surface area (Å²) in [6, 6.07) is 0.0460. The molecule has 2 atom stereocenters. The summed E-state index contributed by atoms with van der Waals surface area (Å²) in [6.45, 7) is 9.13. The normalized spacial score (nSPS) is 26.0. The van der Waals surface area contributed by atoms with Crippen LogP contribution in [0, 0.1) is 5.92 Å². The second-order valence-electron chi connectivity index (χ2n) is 6.88. The lowest BCUT2D eigenvalue weighted by Crippen LogP contribution is -2.52. The smallest absolute Gasteiger partial charge is 0.352 e. The van der Waals surface area contributed by atoms with E-state index in [9.17, 15) is 13.2 Å². The van der Waals surface area contributed by atoms with Crippen molar-refractivity contribution in [3.63, 3.8) is 0 Å². The molecule has 1 N–H and O–H groups in total. The average molecular weight is 494 g/mol. The molecule has 2 rings (SSSR count). The van der Waals surface area contributed by atoms with E-state index in [0.717, 1.165) is 31.2 Å². The molecule has 0 radical (unpaired) electrons. The largest absolute Gasteiger partial charge is 0.401 e. The maximum absolute atomic E-state index is 12.5. The van der Waals surface area contributed by atoms with Crippen LogP contribution in [-0.4, -0.2) is 78.2 Å². The zero-order valence-electron chi connectivity index (χ0n) is 15.2. The van der Waals surface area contributed by atoms with E-state index in [4.69, 9.17) is 0 Å². The van der Waals surface area contributed by atoms with E-state index in [1.165, 1.54) is 4.90 Å². The molecule has 0 bridgehead atoms. The average Bonchev–Trinajstić information content (AvgIpc) is 2.92. The highest BCUT2D eigenvalue weighted by Crippen LogP contribution is 2.25. The predicted octanol–water partition coefficient (Wildman–Crippen LogP) is 3.28. The second-order valence-corrected chi connectivity index (χ2v) is 8.22. The van der Waals surface area contributed by atoms with Crippen LogP contribution in [0.1, 0.15) is 27.2 Å². The fraction of sp³-hybridized carbons (Fsp3) is 0.938. The van der Waals surface area contributed by atoms with Crippen molar-refractivity contribution in [2.24, 2.45) is 10.9 Å². The minimum absolute atomic E-state index is 0. The van der Waals surface area contributed by atoms with Gasteiger partial charge in [-0.1, -0.05) is 13.8 Å². The van der Waals surface area contributed by atoms with Crippen molar-refractivity contribution < 1.29 is 13.2 Å². The molecule has 2 heterocycles. The van der Waals surface area contributed by atoms with E-state index in [2.05, 4.69) is 29.1 Å². The summed E-state index contributed by atoms with van der Waals surface area (Å²) in [7, 11) is 0. The SMILES string of the molecule is CCN=C(NC1CCN(CC(F)(F)F)C1)N1CCSC(C(C)C)C1.I. The Kier molecular flexibility index (Phi) is 9.66. The van der Waals surface area contributed by atoms with Crippen LogP contribution in [0.15, 0.2) is 4.99 Å². The third kappa shape index (κ3) is 7.70. The Morgan fingerprint density at radius 1 is 1.28 bits per heavy atom. The Bertz CT molecular complexity index is 434. The third-order valence-corrected chi connectivity index (χ3v) is 5.99. The Morgan fingerprint density at radius 3 is 2.60 bits per heavy atom. The summed E-state index contributed by atoms with van der Waals surface area (Å²) in [5, 5.41) is 4.00. The van der Waals surface area contributed by atoms with Crippen LogP contribution in [0.5, 0.6) is 0 Å². The van der Waals surface area contributed by atoms with Crippen LogP contribution in [-0.2, 0) is 0 Å². The van der Waals surface area contributed by atoms with Gasteiger partial charge in [-0.3, -0.25) is 9.89 Å². The molecule has 4 nitrogen and oxygen atoms in total. The van der Waals surface area contributed by atoms with E-state index in [1.54, 1.807) is 0 Å². The maximum Gasteiger partial charge on any atom is 0.401 e. The van der Waals surface area contributed by atoms with Crippen molar-refractivity contribution >= 4 is 41.7 Å². The molecule has 2 aliphatic heterocycles. The number of nitrogens with zero attached hydrogens (tertiary/aromatic N) is 3. The number of halogens is 4. The summed E-state index contributed by atoms with van der Waals surface area (Å²) in [6.07, 6.45) is -3.39. The van der Waals surface area contributed by atoms with E-state index in [1.807, 2.05) is 18.7 Å². The first-order valence-corrected chi connectivity index (χ1v) is 9.80. The van der Waals surface area contributed by atoms with Gasteiger partial charge in [0.2, 0.25) is 0 Å². The van der Waals surface area contributed by atoms with Crippen molar-refractivity contribution in [1.29, 1.82) is 0 Å². The molecule has 148 valence electrons. The van der Waals surface area contributed by atoms with Gasteiger partial charge in [0, 0.05) is 49.8 Å². The second kappa shape index (κ2) is 10.4. The number of likely N-dealkylation sites (tertiary alicyclic amines) is 1. The summed E-state index contributed by atoms with van der Waals surface area (Å²) in [5.74, 6) is 2.54. The summed E-state index contributed by atoms with van der Waals surface area (Å²) in [4.78, 5) is 8.34. The monoisotopic (exact) mass is 494 g/mol. The van der Waals surface area contributed by atoms with Gasteiger partial charge in [0.1, 0.15) is 0 Å². The molecule has 0 aromatic heterocycles. The molecule has 9 heteroatoms. The number of nitrogens with one attached hydrogen (secondary N) is 1. The molecule has 0 aromatic rings. The first-order valence-electron chi connectivity index (χ1n) is 8.75. The molecule has 0 amide bonds. The van der Waals surface area contributed by atoms with Crippen LogP contribution >= 0.6 is 35.7 Å². The van der Waals surface area contributed by atoms with Gasteiger partial charge in [0.25, 0.3) is 0 Å². The Morgan fingerprint density at radius 2 is 2.00 bits per heavy atom. The van der Waals surface area contributed by atoms with E-state index in [-0.39, 0.29) is 30.0 Å². The van der Waals surface area contributed by atoms with Gasteiger partial charge in [-0.25, -0.2) is 0 Å². The van der Waals surface area contributed by atoms with Crippen molar-refractivity contribution in [2.45, 2.75) is 44.7 Å². The topological polar surface area (TPSA) is 30.9 Å². The fourth-order valence-corrected chi connectivity index (χ4v) is 4.49. The van der Waals surface area contributed by atoms with Crippen molar-refractivity contribution in [3.05, 3.63) is 0 Å². The number of alkyl halides is 3. The van der Waals surface area contributed by atoms with E-state index in [0.29, 0.717) is 30.8 Å². The van der Waals surface area contributed by atoms with Crippen LogP contribution in [0.25, 0.3) is 0 Å². The van der Waals surface area contributed by atoms with Crippen LogP contribution < -0.4 is 5.32 Å². The minimum atomic E-state index is -4.12. The van der Waals surface area contributed by atoms with Gasteiger partial charge >= 0.3 is 6.18 Å². The Labute approximate surface area is 170 Å². The molecular weight excluding hydrogens is 464 g/mol. The third-order valence-electron chi connectivity index (χ3n) is 4.45. The molecule has 0 spiro atoms. The van der Waals surface area contributed by atoms with Gasteiger partial charge in [-0.2, -0.15) is 24.9 Å². The highest BCUT2D eigenvalue weighted by atomic mass is 127. The quantitative estimate of drug-likeness (QED) is 0.370. The number of thioether (sulfide) groups is 1. The molecule has 0 aromatic carbocycles. The van der Waals surface area contributed by atoms with Gasteiger partial charge in [0.15, 0.2) is 5.96 Å². The number of hydrogen-bond acceptors (Lipinski definition) is 3. The lowest BCUT2D eigenvalue weighted by molar-refractivity contribution is -0.143. The van der Waals surface area contributed by atoms with Crippen LogP contribution in [0.3, 0.4) is 0 Å². The number of hydrogen-bond donors (Lipinski definition) is 1. The highest BCUT2D eigenvalue weighted by Gasteiger charge is 2.35. The molecule has 2 fully saturated rings. The molecule has 2 unspecified atom stereocenters. The fourth-order valence-electron chi connectivity index (χ4n) is 3.19. The lowest BCUT2D eigenvalue weighted by Gasteiger charge is -2.37. The first kappa shape index (κ1) is 23.1. The summed E-state index contributed by atoms with van der Waals surface area (Å²) >= 11 is 2.00. The molecule has 2 saturated heterocycles. The van der Waals surface area contributed by atoms with Crippen molar-refractivity contribution in [1.82, 2.24) is 15.1 Å². The summed E-state index contributed by atoms with van der Waals surface area (Å²) < 4.78 is 37.6. The highest BCUT2D eigenvalue weighted by molar-refractivity contribution is 14.0. The van der Waals surface area contributed by atoms with Gasteiger partial charge < -0.3 is 10.2 Å². The number of rotatable bonds is 4. The first-order chi connectivity index (χ1) is 11.3. The van der Waals surface area contributed by atoms with Crippen molar-refractivity contribution in [3.8, 4) is 0 Å². The predicted molar refractivity (Wildman–Crippen MR) is 110 cm³/mol. The van der Waals surface area contributed by atoms with Gasteiger partial charge in [-0.05, 0) is 19.3 Å². The Hall–Kier alpha value is 0.1000. The maximum atomic E-state index is 12.5. The molecule has 0 aliphatic carbocycles. The van der Waals surface area contributed by atoms with Gasteiger partial charge in [-0.15, -0.1) is 24.0 Å². The van der Waals surface area contributed by atoms with E-state index < -0.39 is 12.7 Å². The van der Waals surface area contributed by atoms with Gasteiger partial charge in [0.05, 0.1) is 6.54 Å². The number of guanidine groups is 1. The Balaban J connectivity index is 0.00000312. The molecule has 0 saturated carbocycles. The van der Waals surface area contributed by atoms with E-state index >= 15 is 0 Å². The van der Waals surface area contributed by atoms with Crippen molar-refractivity contribution in [2.75, 3.05) is 45.0 Å². The summed E-state index contributed by atoms with van der Waals surface area (Å²) in [5.41, 5.74) is 0. The minimum Gasteiger partial charge on any atom is -0.352 e. The zero-order chi connectivity index (χ0) is 17.7. The lowest BCUT2D eigenvalue weighted by atomic mass is 10.1. The molecular formula is C16H30F3IN4S. The standard InChI is InChI=1S/C16H29F3N4S.HI/c1-4-20-15(23-7-8-24-14(10-23)12(2)3)21-13-5-6-22(9-13)11-16(17,18)19;/h12-14H,4-11H2,1-3H3,(H,20,21);1H. The molecule has 2 aliphatic rings. The van der Waals surface area contributed by atoms with Crippen LogP contribution in [0.4, 0.5) is 13.2 Å². The molecule has 25 heavy (non-hydrogen) atoms. The number of aliphatic imine (C=N–C) groups is 1.